The molecule has 2 N–H and O–H groups in total. The molecular formula is C20H30N2OS. The lowest BCUT2D eigenvalue weighted by atomic mass is 9.69. The van der Waals surface area contributed by atoms with E-state index in [9.17, 15) is 4.79 Å². The average Bonchev–Trinajstić information content (AvgIpc) is 3.21. The third-order valence-electron chi connectivity index (χ3n) is 6.01. The van der Waals surface area contributed by atoms with Crippen LogP contribution in [0.4, 0.5) is 5.00 Å². The van der Waals surface area contributed by atoms with E-state index in [4.69, 9.17) is 11.0 Å². The second-order valence-electron chi connectivity index (χ2n) is 7.82. The lowest BCUT2D eigenvalue weighted by Gasteiger charge is -2.36. The third-order valence-corrected chi connectivity index (χ3v) is 7.10. The van der Waals surface area contributed by atoms with Gasteiger partial charge in [0.25, 0.3) is 0 Å². The Kier molecular flexibility index (Phi) is 6.46. The number of aldehydes is 1. The lowest BCUT2D eigenvalue weighted by molar-refractivity contribution is -0.110. The molecule has 1 unspecified atom stereocenters. The summed E-state index contributed by atoms with van der Waals surface area (Å²) in [6, 6.07) is 2.26. The number of hydrogen-bond acceptors (Lipinski definition) is 4. The quantitative estimate of drug-likeness (QED) is 0.773. The van der Waals surface area contributed by atoms with Gasteiger partial charge in [0, 0.05) is 10.8 Å². The first-order valence-corrected chi connectivity index (χ1v) is 10.00. The summed E-state index contributed by atoms with van der Waals surface area (Å²) in [5.74, 6) is 1.14. The molecule has 3 nitrogen and oxygen atoms in total. The Labute approximate surface area is 150 Å². The van der Waals surface area contributed by atoms with E-state index in [1.165, 1.54) is 36.1 Å². The molecule has 4 heteroatoms. The van der Waals surface area contributed by atoms with E-state index in [-0.39, 0.29) is 0 Å². The fourth-order valence-electron chi connectivity index (χ4n) is 3.78. The minimum Gasteiger partial charge on any atom is -0.389 e. The van der Waals surface area contributed by atoms with Crippen molar-refractivity contribution in [3.8, 4) is 6.07 Å². The van der Waals surface area contributed by atoms with E-state index in [1.54, 1.807) is 11.3 Å². The number of carbonyl (C=O) groups is 1. The normalized spacial score (nSPS) is 20.7. The van der Waals surface area contributed by atoms with Crippen molar-refractivity contribution in [2.45, 2.75) is 72.1 Å². The lowest BCUT2D eigenvalue weighted by Crippen LogP contribution is -2.28. The molecule has 1 atom stereocenters. The van der Waals surface area contributed by atoms with E-state index in [2.05, 4.69) is 26.8 Å². The van der Waals surface area contributed by atoms with Crippen LogP contribution in [-0.2, 0) is 17.6 Å². The van der Waals surface area contributed by atoms with Crippen LogP contribution in [-0.4, -0.2) is 6.29 Å². The Morgan fingerprint density at radius 2 is 2.00 bits per heavy atom. The fourth-order valence-corrected chi connectivity index (χ4v) is 4.93. The van der Waals surface area contributed by atoms with Gasteiger partial charge in [-0.3, -0.25) is 0 Å². The largest absolute Gasteiger partial charge is 0.389 e. The van der Waals surface area contributed by atoms with Gasteiger partial charge in [0.2, 0.25) is 0 Å². The third kappa shape index (κ3) is 4.19. The number of rotatable bonds is 3. The van der Waals surface area contributed by atoms with Crippen molar-refractivity contribution < 1.29 is 4.79 Å². The number of hydrogen-bond donors (Lipinski definition) is 1. The van der Waals surface area contributed by atoms with Crippen LogP contribution in [0.3, 0.4) is 0 Å². The Morgan fingerprint density at radius 1 is 1.33 bits per heavy atom. The van der Waals surface area contributed by atoms with Crippen LogP contribution in [0.1, 0.15) is 75.3 Å². The van der Waals surface area contributed by atoms with Crippen LogP contribution < -0.4 is 5.73 Å². The van der Waals surface area contributed by atoms with Gasteiger partial charge in [0.05, 0.1) is 5.56 Å². The molecule has 0 spiro atoms. The number of nitrogens with two attached hydrogens (primary N) is 1. The molecule has 1 heterocycles. The Bertz CT molecular complexity index is 606. The molecule has 1 aromatic rings. The molecule has 0 radical (unpaired) electrons. The summed E-state index contributed by atoms with van der Waals surface area (Å²) in [5.41, 5.74) is 8.29. The maximum absolute atomic E-state index is 10.0. The van der Waals surface area contributed by atoms with Crippen LogP contribution in [0.2, 0.25) is 0 Å². The minimum atomic E-state index is 0.392. The molecule has 0 aromatic carbocycles. The van der Waals surface area contributed by atoms with Gasteiger partial charge in [-0.25, -0.2) is 0 Å². The molecule has 2 aliphatic carbocycles. The minimum absolute atomic E-state index is 0.392. The molecule has 0 aliphatic heterocycles. The van der Waals surface area contributed by atoms with Crippen LogP contribution in [0.15, 0.2) is 0 Å². The molecule has 0 bridgehead atoms. The van der Waals surface area contributed by atoms with Gasteiger partial charge in [0.1, 0.15) is 17.4 Å². The summed E-state index contributed by atoms with van der Waals surface area (Å²) < 4.78 is 0. The zero-order chi connectivity index (χ0) is 17.7. The van der Waals surface area contributed by atoms with Crippen LogP contribution in [0.25, 0.3) is 0 Å². The fraction of sp³-hybridized carbons (Fsp3) is 0.700. The maximum atomic E-state index is 10.0. The number of fused-ring (bicyclic) bond motifs is 1. The van der Waals surface area contributed by atoms with Gasteiger partial charge < -0.3 is 10.5 Å². The summed E-state index contributed by atoms with van der Waals surface area (Å²) in [6.45, 7) is 6.97. The Balaban J connectivity index is 0.000000249. The van der Waals surface area contributed by atoms with Crippen molar-refractivity contribution in [2.24, 2.45) is 17.3 Å². The molecule has 1 saturated carbocycles. The molecule has 0 saturated heterocycles. The highest BCUT2D eigenvalue weighted by Crippen LogP contribution is 2.44. The molecule has 3 rings (SSSR count). The molecule has 2 aliphatic rings. The van der Waals surface area contributed by atoms with Crippen molar-refractivity contribution in [3.63, 3.8) is 0 Å². The summed E-state index contributed by atoms with van der Waals surface area (Å²) in [4.78, 5) is 11.4. The molecule has 1 aromatic heterocycles. The summed E-state index contributed by atoms with van der Waals surface area (Å²) in [5, 5.41) is 9.83. The first-order chi connectivity index (χ1) is 11.4. The highest BCUT2D eigenvalue weighted by molar-refractivity contribution is 7.16. The van der Waals surface area contributed by atoms with E-state index in [0.29, 0.717) is 16.3 Å². The van der Waals surface area contributed by atoms with E-state index < -0.39 is 0 Å². The van der Waals surface area contributed by atoms with Crippen molar-refractivity contribution in [3.05, 3.63) is 16.0 Å². The highest BCUT2D eigenvalue weighted by atomic mass is 32.1. The van der Waals surface area contributed by atoms with Crippen molar-refractivity contribution in [1.82, 2.24) is 0 Å². The summed E-state index contributed by atoms with van der Waals surface area (Å²) >= 11 is 1.63. The van der Waals surface area contributed by atoms with Gasteiger partial charge >= 0.3 is 0 Å². The standard InChI is InChI=1S/C14H20N2S.C6H10O/c1-4-14(2,3)9-5-6-10-11(8-15)13(16)17-12(10)7-9;7-5-6-3-1-2-4-6/h9H,4-7,16H2,1-3H3;5-6H,1-4H2. The Morgan fingerprint density at radius 3 is 2.50 bits per heavy atom. The number of nitrogen functional groups attached to an aromatic ring is 1. The molecule has 1 fully saturated rings. The highest BCUT2D eigenvalue weighted by Gasteiger charge is 2.33. The van der Waals surface area contributed by atoms with Crippen molar-refractivity contribution in [2.75, 3.05) is 5.73 Å². The number of nitrogens with zero attached hydrogens (tertiary/aromatic N) is 1. The van der Waals surface area contributed by atoms with E-state index in [1.807, 2.05) is 0 Å². The van der Waals surface area contributed by atoms with Gasteiger partial charge in [-0.15, -0.1) is 11.3 Å². The first-order valence-electron chi connectivity index (χ1n) is 9.18. The monoisotopic (exact) mass is 346 g/mol. The van der Waals surface area contributed by atoms with E-state index >= 15 is 0 Å². The summed E-state index contributed by atoms with van der Waals surface area (Å²) in [7, 11) is 0. The zero-order valence-electron chi connectivity index (χ0n) is 15.2. The average molecular weight is 347 g/mol. The SMILES string of the molecule is CCC(C)(C)C1CCc2c(sc(N)c2C#N)C1.O=CC1CCCC1. The van der Waals surface area contributed by atoms with E-state index in [0.717, 1.165) is 43.5 Å². The molecule has 0 amide bonds. The second-order valence-corrected chi connectivity index (χ2v) is 8.95. The predicted octanol–water partition coefficient (Wildman–Crippen LogP) is 5.12. The smallest absolute Gasteiger partial charge is 0.123 e. The zero-order valence-corrected chi connectivity index (χ0v) is 16.0. The molecular weight excluding hydrogens is 316 g/mol. The number of thiophene rings is 1. The van der Waals surface area contributed by atoms with Crippen LogP contribution in [0, 0.1) is 28.6 Å². The number of carbonyl (C=O) groups excluding carboxylic acids is 1. The van der Waals surface area contributed by atoms with Gasteiger partial charge in [-0.05, 0) is 49.0 Å². The molecule has 24 heavy (non-hydrogen) atoms. The number of anilines is 1. The number of nitriles is 1. The van der Waals surface area contributed by atoms with Crippen LogP contribution >= 0.6 is 11.3 Å². The predicted molar refractivity (Wildman–Crippen MR) is 101 cm³/mol. The van der Waals surface area contributed by atoms with Crippen molar-refractivity contribution >= 4 is 22.6 Å². The van der Waals surface area contributed by atoms with Crippen molar-refractivity contribution in [1.29, 1.82) is 5.26 Å². The van der Waals surface area contributed by atoms with Crippen LogP contribution in [0.5, 0.6) is 0 Å². The first kappa shape index (κ1) is 19.0. The second kappa shape index (κ2) is 8.16. The van der Waals surface area contributed by atoms with Gasteiger partial charge in [-0.1, -0.05) is 40.0 Å². The maximum Gasteiger partial charge on any atom is 0.123 e. The summed E-state index contributed by atoms with van der Waals surface area (Å²) in [6.07, 6.45) is 10.4. The Hall–Kier alpha value is -1.34. The molecule has 132 valence electrons. The van der Waals surface area contributed by atoms with Gasteiger partial charge in [0.15, 0.2) is 0 Å². The van der Waals surface area contributed by atoms with Gasteiger partial charge in [-0.2, -0.15) is 5.26 Å². The topological polar surface area (TPSA) is 66.9 Å².